The van der Waals surface area contributed by atoms with Crippen molar-refractivity contribution in [1.82, 2.24) is 9.88 Å². The van der Waals surface area contributed by atoms with Crippen LogP contribution >= 0.6 is 0 Å². The Labute approximate surface area is 187 Å². The molecule has 0 aliphatic carbocycles. The number of fused-ring (bicyclic) bond motifs is 2. The first-order valence-electron chi connectivity index (χ1n) is 11.0. The van der Waals surface area contributed by atoms with Gasteiger partial charge in [-0.2, -0.15) is 0 Å². The highest BCUT2D eigenvalue weighted by Crippen LogP contribution is 2.32. The minimum Gasteiger partial charge on any atom is -0.482 e. The molecule has 2 aliphatic rings. The number of piperazine rings is 1. The lowest BCUT2D eigenvalue weighted by Crippen LogP contribution is -2.47. The van der Waals surface area contributed by atoms with E-state index in [4.69, 9.17) is 4.74 Å². The van der Waals surface area contributed by atoms with Gasteiger partial charge in [0.25, 0.3) is 5.91 Å². The molecule has 0 N–H and O–H groups in total. The molecule has 1 amide bonds. The molecule has 1 aromatic heterocycles. The number of aromatic nitrogens is 1. The highest BCUT2D eigenvalue weighted by Gasteiger charge is 2.23. The first-order chi connectivity index (χ1) is 15.5. The fourth-order valence-corrected chi connectivity index (χ4v) is 4.52. The molecule has 3 aromatic rings. The molecule has 2 aromatic carbocycles. The second kappa shape index (κ2) is 8.39. The normalized spacial score (nSPS) is 16.9. The van der Waals surface area contributed by atoms with Crippen molar-refractivity contribution in [1.29, 1.82) is 0 Å². The predicted molar refractivity (Wildman–Crippen MR) is 124 cm³/mol. The summed E-state index contributed by atoms with van der Waals surface area (Å²) in [5.41, 5.74) is 4.55. The van der Waals surface area contributed by atoms with Crippen LogP contribution in [0.5, 0.6) is 5.75 Å². The third-order valence-corrected chi connectivity index (χ3v) is 6.43. The number of nitrogens with zero attached hydrogens (tertiary/aromatic N) is 4. The lowest BCUT2D eigenvalue weighted by atomic mass is 10.1. The van der Waals surface area contributed by atoms with Gasteiger partial charge in [0.1, 0.15) is 11.6 Å². The third kappa shape index (κ3) is 4.00. The maximum atomic E-state index is 14.2. The number of carbonyl (C=O) groups is 1. The van der Waals surface area contributed by atoms with Crippen LogP contribution in [0.4, 0.5) is 15.8 Å². The van der Waals surface area contributed by atoms with Crippen LogP contribution < -0.4 is 14.5 Å². The number of ether oxygens (including phenoxy) is 1. The summed E-state index contributed by atoms with van der Waals surface area (Å²) in [6.45, 7) is 6.50. The molecule has 2 aliphatic heterocycles. The standard InChI is InChI=1S/C25H27FN4O2/c1-17-3-5-20-21(27-17)14-19(26)15-22(20)30-11-9-29(10-12-30)8-7-18-4-6-24-23(13-18)28(2)25(31)16-32-24/h3-6,13-15H,7-12,16H2,1-2H3. The van der Waals surface area contributed by atoms with Crippen LogP contribution in [0.15, 0.2) is 42.5 Å². The van der Waals surface area contributed by atoms with Gasteiger partial charge in [0.15, 0.2) is 6.61 Å². The summed E-state index contributed by atoms with van der Waals surface area (Å²) in [7, 11) is 1.79. The minimum atomic E-state index is -0.243. The van der Waals surface area contributed by atoms with E-state index in [1.165, 1.54) is 11.6 Å². The quantitative estimate of drug-likeness (QED) is 0.630. The summed E-state index contributed by atoms with van der Waals surface area (Å²) >= 11 is 0. The van der Waals surface area contributed by atoms with Crippen molar-refractivity contribution in [2.24, 2.45) is 0 Å². The maximum Gasteiger partial charge on any atom is 0.264 e. The number of likely N-dealkylation sites (N-methyl/N-ethyl adjacent to an activating group) is 1. The molecular formula is C25H27FN4O2. The molecule has 0 radical (unpaired) electrons. The van der Waals surface area contributed by atoms with Gasteiger partial charge >= 0.3 is 0 Å². The molecule has 0 saturated carbocycles. The van der Waals surface area contributed by atoms with Gasteiger partial charge in [0, 0.05) is 62.6 Å². The number of hydrogen-bond donors (Lipinski definition) is 0. The lowest BCUT2D eigenvalue weighted by molar-refractivity contribution is -0.120. The predicted octanol–water partition coefficient (Wildman–Crippen LogP) is 3.40. The van der Waals surface area contributed by atoms with Crippen LogP contribution in [0.1, 0.15) is 11.3 Å². The average molecular weight is 435 g/mol. The van der Waals surface area contributed by atoms with E-state index in [0.29, 0.717) is 5.52 Å². The number of hydrogen-bond acceptors (Lipinski definition) is 5. The minimum absolute atomic E-state index is 0.0268. The van der Waals surface area contributed by atoms with Gasteiger partial charge in [-0.05, 0) is 49.2 Å². The molecule has 6 nitrogen and oxygen atoms in total. The largest absolute Gasteiger partial charge is 0.482 e. The highest BCUT2D eigenvalue weighted by molar-refractivity contribution is 5.97. The Bertz CT molecular complexity index is 1170. The van der Waals surface area contributed by atoms with Crippen molar-refractivity contribution in [3.63, 3.8) is 0 Å². The summed E-state index contributed by atoms with van der Waals surface area (Å²) in [5.74, 6) is 0.491. The number of halogens is 1. The van der Waals surface area contributed by atoms with E-state index in [-0.39, 0.29) is 18.3 Å². The Balaban J connectivity index is 1.23. The lowest BCUT2D eigenvalue weighted by Gasteiger charge is -2.36. The Morgan fingerprint density at radius 3 is 2.66 bits per heavy atom. The van der Waals surface area contributed by atoms with Crippen molar-refractivity contribution in [3.8, 4) is 5.75 Å². The zero-order valence-corrected chi connectivity index (χ0v) is 18.5. The van der Waals surface area contributed by atoms with E-state index >= 15 is 0 Å². The summed E-state index contributed by atoms with van der Waals surface area (Å²) in [6.07, 6.45) is 0.904. The zero-order valence-electron chi connectivity index (χ0n) is 18.5. The van der Waals surface area contributed by atoms with Crippen LogP contribution in [0, 0.1) is 12.7 Å². The molecular weight excluding hydrogens is 407 g/mol. The van der Waals surface area contributed by atoms with E-state index in [1.54, 1.807) is 18.0 Å². The van der Waals surface area contributed by atoms with Gasteiger partial charge in [0.05, 0.1) is 11.2 Å². The number of pyridine rings is 1. The number of rotatable bonds is 4. The van der Waals surface area contributed by atoms with Crippen LogP contribution in [0.3, 0.4) is 0 Å². The topological polar surface area (TPSA) is 48.9 Å². The van der Waals surface area contributed by atoms with Crippen LogP contribution in [-0.2, 0) is 11.2 Å². The molecule has 0 atom stereocenters. The van der Waals surface area contributed by atoms with Gasteiger partial charge in [-0.3, -0.25) is 14.7 Å². The molecule has 0 spiro atoms. The molecule has 1 fully saturated rings. The van der Waals surface area contributed by atoms with Gasteiger partial charge in [-0.25, -0.2) is 4.39 Å². The second-order valence-corrected chi connectivity index (χ2v) is 8.57. The Morgan fingerprint density at radius 1 is 1.03 bits per heavy atom. The van der Waals surface area contributed by atoms with Gasteiger partial charge < -0.3 is 14.5 Å². The molecule has 166 valence electrons. The van der Waals surface area contributed by atoms with Gasteiger partial charge in [-0.1, -0.05) is 6.07 Å². The van der Waals surface area contributed by atoms with Crippen LogP contribution in [0.2, 0.25) is 0 Å². The molecule has 7 heteroatoms. The molecule has 0 unspecified atom stereocenters. The van der Waals surface area contributed by atoms with Crippen LogP contribution in [-0.4, -0.2) is 62.2 Å². The number of benzene rings is 2. The van der Waals surface area contributed by atoms with Crippen molar-refractivity contribution < 1.29 is 13.9 Å². The zero-order chi connectivity index (χ0) is 22.2. The fourth-order valence-electron chi connectivity index (χ4n) is 4.52. The summed E-state index contributed by atoms with van der Waals surface area (Å²) in [6, 6.07) is 13.2. The Morgan fingerprint density at radius 2 is 1.84 bits per heavy atom. The van der Waals surface area contributed by atoms with Crippen LogP contribution in [0.25, 0.3) is 10.9 Å². The molecule has 3 heterocycles. The maximum absolute atomic E-state index is 14.2. The van der Waals surface area contributed by atoms with E-state index in [9.17, 15) is 9.18 Å². The van der Waals surface area contributed by atoms with E-state index in [1.807, 2.05) is 25.1 Å². The number of amides is 1. The average Bonchev–Trinajstić information content (AvgIpc) is 2.80. The molecule has 1 saturated heterocycles. The van der Waals surface area contributed by atoms with Crippen molar-refractivity contribution in [3.05, 3.63) is 59.5 Å². The Hall–Kier alpha value is -3.19. The monoisotopic (exact) mass is 434 g/mol. The Kier molecular flexibility index (Phi) is 5.43. The van der Waals surface area contributed by atoms with E-state index in [0.717, 1.165) is 67.3 Å². The van der Waals surface area contributed by atoms with Crippen molar-refractivity contribution in [2.75, 3.05) is 56.2 Å². The molecule has 5 rings (SSSR count). The van der Waals surface area contributed by atoms with Crippen molar-refractivity contribution >= 4 is 28.2 Å². The second-order valence-electron chi connectivity index (χ2n) is 8.57. The SMILES string of the molecule is Cc1ccc2c(N3CCN(CCc4ccc5c(c4)N(C)C(=O)CO5)CC3)cc(F)cc2n1. The highest BCUT2D eigenvalue weighted by atomic mass is 19.1. The summed E-state index contributed by atoms with van der Waals surface area (Å²) < 4.78 is 19.7. The van der Waals surface area contributed by atoms with E-state index < -0.39 is 0 Å². The first kappa shape index (κ1) is 20.7. The van der Waals surface area contributed by atoms with Crippen molar-refractivity contribution in [2.45, 2.75) is 13.3 Å². The van der Waals surface area contributed by atoms with Gasteiger partial charge in [-0.15, -0.1) is 0 Å². The number of anilines is 2. The number of aryl methyl sites for hydroxylation is 1. The summed E-state index contributed by atoms with van der Waals surface area (Å²) in [4.78, 5) is 22.8. The fraction of sp³-hybridized carbons (Fsp3) is 0.360. The smallest absolute Gasteiger partial charge is 0.264 e. The summed E-state index contributed by atoms with van der Waals surface area (Å²) in [5, 5.41) is 1.00. The van der Waals surface area contributed by atoms with Gasteiger partial charge in [0.2, 0.25) is 0 Å². The third-order valence-electron chi connectivity index (χ3n) is 6.43. The molecule has 32 heavy (non-hydrogen) atoms. The number of carbonyl (C=O) groups excluding carboxylic acids is 1. The first-order valence-corrected chi connectivity index (χ1v) is 11.0. The molecule has 0 bridgehead atoms. The van der Waals surface area contributed by atoms with E-state index in [2.05, 4.69) is 26.9 Å².